The third-order valence-corrected chi connectivity index (χ3v) is 6.40. The van der Waals surface area contributed by atoms with Gasteiger partial charge in [-0.05, 0) is 23.3 Å². The summed E-state index contributed by atoms with van der Waals surface area (Å²) in [5.74, 6) is 0. The highest BCUT2D eigenvalue weighted by Crippen LogP contribution is 2.32. The summed E-state index contributed by atoms with van der Waals surface area (Å²) in [4.78, 5) is 16.5. The van der Waals surface area contributed by atoms with Gasteiger partial charge in [0.1, 0.15) is 23.0 Å². The van der Waals surface area contributed by atoms with E-state index in [2.05, 4.69) is 4.98 Å². The van der Waals surface area contributed by atoms with Crippen molar-refractivity contribution >= 4 is 24.0 Å². The highest BCUT2D eigenvalue weighted by molar-refractivity contribution is 7.99. The van der Waals surface area contributed by atoms with Crippen molar-refractivity contribution in [2.24, 2.45) is 0 Å². The predicted molar refractivity (Wildman–Crippen MR) is 115 cm³/mol. The molecule has 1 aromatic heterocycles. The van der Waals surface area contributed by atoms with Gasteiger partial charge in [-0.1, -0.05) is 66.4 Å². The van der Waals surface area contributed by atoms with Gasteiger partial charge in [-0.15, -0.1) is 0 Å². The fourth-order valence-corrected chi connectivity index (χ4v) is 4.41. The van der Waals surface area contributed by atoms with Crippen LogP contribution in [0.4, 0.5) is 0 Å². The fraction of sp³-hybridized carbons (Fsp3) is 0.238. The van der Waals surface area contributed by atoms with Crippen molar-refractivity contribution < 1.29 is 20.1 Å². The first-order chi connectivity index (χ1) is 14.5. The summed E-state index contributed by atoms with van der Waals surface area (Å²) in [5, 5.41) is 29.5. The maximum Gasteiger partial charge on any atom is 0.328 e. The number of ether oxygens (including phenoxy) is 1. The standard InChI is InChI=1S/C21H20N2O5S2/c24-11-15-17(25)18(26)20(28-15)23-10-16(19(29)22-21(23)27)30-14-8-6-13(7-9-14)12-4-2-1-3-5-12/h1-10,15,17-18,20,24-26H,11H2,(H,22,27,29)/t15-,17-,18-,20-/m1/s1. The van der Waals surface area contributed by atoms with Crippen LogP contribution in [0.5, 0.6) is 0 Å². The molecule has 0 bridgehead atoms. The predicted octanol–water partition coefficient (Wildman–Crippen LogP) is 2.34. The Morgan fingerprint density at radius 1 is 1.03 bits per heavy atom. The molecule has 0 amide bonds. The fourth-order valence-electron chi connectivity index (χ4n) is 3.31. The Morgan fingerprint density at radius 2 is 1.70 bits per heavy atom. The number of nitrogens with one attached hydrogen (secondary N) is 1. The van der Waals surface area contributed by atoms with Gasteiger partial charge in [0, 0.05) is 11.1 Å². The van der Waals surface area contributed by atoms with Gasteiger partial charge in [0.15, 0.2) is 6.23 Å². The summed E-state index contributed by atoms with van der Waals surface area (Å²) in [6.07, 6.45) is -3.25. The van der Waals surface area contributed by atoms with Gasteiger partial charge >= 0.3 is 5.69 Å². The van der Waals surface area contributed by atoms with Crippen LogP contribution in [-0.4, -0.2) is 49.8 Å². The normalized spacial score (nSPS) is 23.6. The zero-order valence-electron chi connectivity index (χ0n) is 15.7. The monoisotopic (exact) mass is 444 g/mol. The molecule has 0 unspecified atom stereocenters. The number of hydrogen-bond donors (Lipinski definition) is 4. The lowest BCUT2D eigenvalue weighted by molar-refractivity contribution is -0.0553. The van der Waals surface area contributed by atoms with Crippen LogP contribution in [-0.2, 0) is 4.74 Å². The van der Waals surface area contributed by atoms with E-state index in [0.717, 1.165) is 20.6 Å². The molecule has 4 atom stereocenters. The minimum Gasteiger partial charge on any atom is -0.394 e. The Morgan fingerprint density at radius 3 is 2.33 bits per heavy atom. The Hall–Kier alpha value is -2.27. The van der Waals surface area contributed by atoms with Crippen molar-refractivity contribution in [2.75, 3.05) is 6.61 Å². The molecule has 0 saturated carbocycles. The third-order valence-electron chi connectivity index (χ3n) is 4.92. The summed E-state index contributed by atoms with van der Waals surface area (Å²) >= 11 is 6.66. The number of aliphatic hydroxyl groups excluding tert-OH is 3. The van der Waals surface area contributed by atoms with Gasteiger partial charge in [0.2, 0.25) is 0 Å². The molecule has 2 aromatic carbocycles. The summed E-state index contributed by atoms with van der Waals surface area (Å²) in [6.45, 7) is -0.471. The number of rotatable bonds is 5. The molecule has 1 saturated heterocycles. The third kappa shape index (κ3) is 4.13. The second kappa shape index (κ2) is 8.84. The SMILES string of the molecule is O=c1[nH]c(=S)c(Sc2ccc(-c3ccccc3)cc2)cn1[C@@H]1O[C@H](CO)[C@@H](O)[C@H]1O. The zero-order chi connectivity index (χ0) is 21.3. The number of nitrogens with zero attached hydrogens (tertiary/aromatic N) is 1. The second-order valence-corrected chi connectivity index (χ2v) is 8.40. The van der Waals surface area contributed by atoms with E-state index in [4.69, 9.17) is 17.0 Å². The number of aromatic amines is 1. The molecule has 4 N–H and O–H groups in total. The Labute approximate surface area is 181 Å². The Bertz CT molecular complexity index is 1130. The molecule has 7 nitrogen and oxygen atoms in total. The van der Waals surface area contributed by atoms with Crippen LogP contribution < -0.4 is 5.69 Å². The van der Waals surface area contributed by atoms with Gasteiger partial charge in [-0.2, -0.15) is 0 Å². The summed E-state index contributed by atoms with van der Waals surface area (Å²) in [6, 6.07) is 17.9. The van der Waals surface area contributed by atoms with Gasteiger partial charge in [-0.3, -0.25) is 9.55 Å². The van der Waals surface area contributed by atoms with E-state index in [1.165, 1.54) is 18.0 Å². The molecule has 2 heterocycles. The van der Waals surface area contributed by atoms with E-state index < -0.39 is 36.8 Å². The Balaban J connectivity index is 1.60. The molecule has 0 radical (unpaired) electrons. The summed E-state index contributed by atoms with van der Waals surface area (Å²) in [7, 11) is 0. The number of benzene rings is 2. The minimum atomic E-state index is -1.35. The molecule has 1 aliphatic rings. The first-order valence-electron chi connectivity index (χ1n) is 9.29. The lowest BCUT2D eigenvalue weighted by Gasteiger charge is -2.18. The molecule has 3 aromatic rings. The van der Waals surface area contributed by atoms with E-state index in [1.807, 2.05) is 54.6 Å². The number of H-pyrrole nitrogens is 1. The van der Waals surface area contributed by atoms with E-state index in [9.17, 15) is 20.1 Å². The quantitative estimate of drug-likeness (QED) is 0.448. The average Bonchev–Trinajstić information content (AvgIpc) is 3.05. The topological polar surface area (TPSA) is 108 Å². The van der Waals surface area contributed by atoms with E-state index in [1.54, 1.807) is 0 Å². The van der Waals surface area contributed by atoms with Crippen molar-refractivity contribution in [3.05, 3.63) is 75.9 Å². The number of aliphatic hydroxyl groups is 3. The van der Waals surface area contributed by atoms with Crippen LogP contribution in [0.15, 0.2) is 75.4 Å². The number of aromatic nitrogens is 2. The first kappa shape index (κ1) is 21.0. The highest BCUT2D eigenvalue weighted by Gasteiger charge is 2.43. The first-order valence-corrected chi connectivity index (χ1v) is 10.5. The molecule has 30 heavy (non-hydrogen) atoms. The zero-order valence-corrected chi connectivity index (χ0v) is 17.3. The molecule has 156 valence electrons. The van der Waals surface area contributed by atoms with Crippen molar-refractivity contribution in [2.45, 2.75) is 34.3 Å². The van der Waals surface area contributed by atoms with Crippen molar-refractivity contribution in [1.82, 2.24) is 9.55 Å². The lowest BCUT2D eigenvalue weighted by Crippen LogP contribution is -2.36. The van der Waals surface area contributed by atoms with Crippen molar-refractivity contribution in [1.29, 1.82) is 0 Å². The molecule has 1 aliphatic heterocycles. The van der Waals surface area contributed by atoms with E-state index in [0.29, 0.717) is 4.90 Å². The maximum absolute atomic E-state index is 12.4. The van der Waals surface area contributed by atoms with E-state index in [-0.39, 0.29) is 4.64 Å². The maximum atomic E-state index is 12.4. The smallest absolute Gasteiger partial charge is 0.328 e. The largest absolute Gasteiger partial charge is 0.394 e. The molecule has 0 spiro atoms. The van der Waals surface area contributed by atoms with Crippen LogP contribution in [0.2, 0.25) is 0 Å². The second-order valence-electron chi connectivity index (χ2n) is 6.88. The summed E-state index contributed by atoms with van der Waals surface area (Å²) in [5.41, 5.74) is 1.63. The highest BCUT2D eigenvalue weighted by atomic mass is 32.2. The van der Waals surface area contributed by atoms with Crippen LogP contribution in [0.1, 0.15) is 6.23 Å². The van der Waals surface area contributed by atoms with Crippen molar-refractivity contribution in [3.63, 3.8) is 0 Å². The molecule has 9 heteroatoms. The lowest BCUT2D eigenvalue weighted by atomic mass is 10.1. The minimum absolute atomic E-state index is 0.264. The van der Waals surface area contributed by atoms with Crippen LogP contribution in [0, 0.1) is 4.64 Å². The molecule has 4 rings (SSSR count). The van der Waals surface area contributed by atoms with Gasteiger partial charge in [-0.25, -0.2) is 4.79 Å². The Kier molecular flexibility index (Phi) is 6.19. The van der Waals surface area contributed by atoms with Crippen LogP contribution in [0.3, 0.4) is 0 Å². The molecular formula is C21H20N2O5S2. The average molecular weight is 445 g/mol. The van der Waals surface area contributed by atoms with E-state index >= 15 is 0 Å². The van der Waals surface area contributed by atoms with Crippen LogP contribution in [0.25, 0.3) is 11.1 Å². The number of hydrogen-bond acceptors (Lipinski definition) is 7. The summed E-state index contributed by atoms with van der Waals surface area (Å²) < 4.78 is 6.88. The van der Waals surface area contributed by atoms with Gasteiger partial charge < -0.3 is 20.1 Å². The van der Waals surface area contributed by atoms with Gasteiger partial charge in [0.05, 0.1) is 11.5 Å². The van der Waals surface area contributed by atoms with Gasteiger partial charge in [0.25, 0.3) is 0 Å². The molecule has 0 aliphatic carbocycles. The molecular weight excluding hydrogens is 424 g/mol. The van der Waals surface area contributed by atoms with Crippen LogP contribution >= 0.6 is 24.0 Å². The molecule has 1 fully saturated rings. The van der Waals surface area contributed by atoms with Crippen molar-refractivity contribution in [3.8, 4) is 11.1 Å².